The van der Waals surface area contributed by atoms with E-state index in [-0.39, 0.29) is 45.9 Å². The van der Waals surface area contributed by atoms with Crippen LogP contribution in [-0.4, -0.2) is 23.1 Å². The number of halogens is 2. The zero-order chi connectivity index (χ0) is 7.68. The van der Waals surface area contributed by atoms with Crippen molar-refractivity contribution in [3.05, 3.63) is 48.3 Å². The number of rotatable bonds is 0. The van der Waals surface area contributed by atoms with Crippen LogP contribution >= 0.6 is 0 Å². The van der Waals surface area contributed by atoms with Crippen LogP contribution in [0.2, 0.25) is 0 Å². The second kappa shape index (κ2) is 5.57. The molecule has 62 valence electrons. The molecule has 0 aliphatic carbocycles. The topological polar surface area (TPSA) is 0 Å². The summed E-state index contributed by atoms with van der Waals surface area (Å²) in [6.07, 6.45) is 0. The third-order valence-corrected chi connectivity index (χ3v) is 1.65. The number of benzene rings is 2. The molecule has 0 heterocycles. The number of hydrogen-bond acceptors (Lipinski definition) is 0. The summed E-state index contributed by atoms with van der Waals surface area (Å²) in [6.45, 7) is 0. The third-order valence-electron chi connectivity index (χ3n) is 1.65. The summed E-state index contributed by atoms with van der Waals surface area (Å²) in [5.74, 6) is -0.205. The first-order valence-electron chi connectivity index (χ1n) is 3.43. The predicted molar refractivity (Wildman–Crippen MR) is 48.5 cm³/mol. The molecule has 2 rings (SSSR count). The summed E-state index contributed by atoms with van der Waals surface area (Å²) in [4.78, 5) is 0. The van der Waals surface area contributed by atoms with E-state index in [9.17, 15) is 4.39 Å². The van der Waals surface area contributed by atoms with Gasteiger partial charge in [-0.3, -0.25) is 4.39 Å². The number of fused-ring (bicyclic) bond motifs is 1. The first kappa shape index (κ1) is 12.9. The Labute approximate surface area is 103 Å². The standard InChI is InChI=1S/C10H6F.BrH.Mg/c11-10-7-3-5-8-4-1-2-6-9(8)10;;/h1-5,7H;1H;/q-1;;+2/p-1. The maximum absolute atomic E-state index is 13.0. The molecule has 0 saturated heterocycles. The SMILES string of the molecule is Fc1cccc2ccc[c-]c12.[Br-].[Mg+2]. The molecule has 0 amide bonds. The monoisotopic (exact) mass is 248 g/mol. The zero-order valence-electron chi connectivity index (χ0n) is 6.93. The van der Waals surface area contributed by atoms with Crippen molar-refractivity contribution in [2.75, 3.05) is 0 Å². The van der Waals surface area contributed by atoms with Crippen molar-refractivity contribution >= 4 is 33.8 Å². The Morgan fingerprint density at radius 2 is 1.77 bits per heavy atom. The first-order valence-corrected chi connectivity index (χ1v) is 3.43. The van der Waals surface area contributed by atoms with E-state index in [2.05, 4.69) is 6.07 Å². The van der Waals surface area contributed by atoms with Gasteiger partial charge in [-0.25, -0.2) is 0 Å². The zero-order valence-corrected chi connectivity index (χ0v) is 9.93. The fraction of sp³-hybridized carbons (Fsp3) is 0. The molecule has 0 aliphatic rings. The van der Waals surface area contributed by atoms with Crippen molar-refractivity contribution in [3.63, 3.8) is 0 Å². The van der Waals surface area contributed by atoms with E-state index >= 15 is 0 Å². The Hall–Kier alpha value is -0.124. The largest absolute Gasteiger partial charge is 2.00 e. The molecule has 0 radical (unpaired) electrons. The Balaban J connectivity index is 0.000000720. The predicted octanol–water partition coefficient (Wildman–Crippen LogP) is -0.598. The van der Waals surface area contributed by atoms with Crippen LogP contribution in [0.4, 0.5) is 4.39 Å². The minimum Gasteiger partial charge on any atom is -1.00 e. The fourth-order valence-electron chi connectivity index (χ4n) is 1.12. The molecule has 0 unspecified atom stereocenters. The summed E-state index contributed by atoms with van der Waals surface area (Å²) in [5, 5.41) is 1.46. The minimum absolute atomic E-state index is 0. The van der Waals surface area contributed by atoms with Crippen LogP contribution in [0.15, 0.2) is 36.4 Å². The molecule has 0 aliphatic heterocycles. The van der Waals surface area contributed by atoms with Crippen LogP contribution in [0.25, 0.3) is 10.8 Å². The third kappa shape index (κ3) is 2.66. The van der Waals surface area contributed by atoms with Crippen molar-refractivity contribution in [2.24, 2.45) is 0 Å². The second-order valence-corrected chi connectivity index (χ2v) is 2.37. The van der Waals surface area contributed by atoms with Gasteiger partial charge in [-0.1, -0.05) is 18.2 Å². The summed E-state index contributed by atoms with van der Waals surface area (Å²) in [5.41, 5.74) is 0. The summed E-state index contributed by atoms with van der Waals surface area (Å²) >= 11 is 0. The summed E-state index contributed by atoms with van der Waals surface area (Å²) in [6, 6.07) is 13.3. The molecule has 0 aromatic heterocycles. The Kier molecular flexibility index (Phi) is 5.52. The van der Waals surface area contributed by atoms with Crippen LogP contribution in [0.1, 0.15) is 0 Å². The molecule has 0 nitrogen and oxygen atoms in total. The maximum atomic E-state index is 13.0. The van der Waals surface area contributed by atoms with Gasteiger partial charge in [0.25, 0.3) is 0 Å². The molecule has 0 fully saturated rings. The molecule has 13 heavy (non-hydrogen) atoms. The molecule has 2 aromatic carbocycles. The van der Waals surface area contributed by atoms with Crippen LogP contribution in [0.5, 0.6) is 0 Å². The molecular weight excluding hydrogens is 243 g/mol. The molecule has 0 spiro atoms. The minimum atomic E-state index is -0.205. The van der Waals surface area contributed by atoms with Gasteiger partial charge in [0, 0.05) is 5.82 Å². The Morgan fingerprint density at radius 3 is 2.46 bits per heavy atom. The van der Waals surface area contributed by atoms with Gasteiger partial charge >= 0.3 is 23.1 Å². The first-order chi connectivity index (χ1) is 5.38. The van der Waals surface area contributed by atoms with Crippen LogP contribution in [0.3, 0.4) is 0 Å². The normalized spacial score (nSPS) is 8.69. The molecule has 2 aromatic rings. The van der Waals surface area contributed by atoms with Gasteiger partial charge in [0.15, 0.2) is 0 Å². The Morgan fingerprint density at radius 1 is 1.08 bits per heavy atom. The van der Waals surface area contributed by atoms with Crippen molar-refractivity contribution < 1.29 is 21.4 Å². The van der Waals surface area contributed by atoms with Gasteiger partial charge in [-0.05, 0) is 0 Å². The number of hydrogen-bond donors (Lipinski definition) is 0. The second-order valence-electron chi connectivity index (χ2n) is 2.37. The van der Waals surface area contributed by atoms with E-state index in [1.54, 1.807) is 12.1 Å². The van der Waals surface area contributed by atoms with Crippen LogP contribution in [0, 0.1) is 11.9 Å². The van der Waals surface area contributed by atoms with Crippen molar-refractivity contribution in [1.29, 1.82) is 0 Å². The van der Waals surface area contributed by atoms with Crippen molar-refractivity contribution in [3.8, 4) is 0 Å². The fourth-order valence-corrected chi connectivity index (χ4v) is 1.12. The molecular formula is C10H6BrFMg. The average molecular weight is 249 g/mol. The van der Waals surface area contributed by atoms with Gasteiger partial charge in [0.2, 0.25) is 0 Å². The van der Waals surface area contributed by atoms with E-state index < -0.39 is 0 Å². The van der Waals surface area contributed by atoms with Crippen molar-refractivity contribution in [2.45, 2.75) is 0 Å². The smallest absolute Gasteiger partial charge is 1.00 e. The van der Waals surface area contributed by atoms with Crippen LogP contribution in [-0.2, 0) is 0 Å². The van der Waals surface area contributed by atoms with Crippen molar-refractivity contribution in [1.82, 2.24) is 0 Å². The summed E-state index contributed by atoms with van der Waals surface area (Å²) < 4.78 is 13.0. The molecule has 0 N–H and O–H groups in total. The van der Waals surface area contributed by atoms with Gasteiger partial charge < -0.3 is 17.0 Å². The molecule has 0 saturated carbocycles. The van der Waals surface area contributed by atoms with E-state index in [4.69, 9.17) is 0 Å². The molecule has 0 bridgehead atoms. The van der Waals surface area contributed by atoms with E-state index in [1.165, 1.54) is 6.07 Å². The van der Waals surface area contributed by atoms with Gasteiger partial charge in [0.1, 0.15) is 0 Å². The average Bonchev–Trinajstić information content (AvgIpc) is 2.06. The molecule has 3 heteroatoms. The molecule has 0 atom stereocenters. The van der Waals surface area contributed by atoms with Gasteiger partial charge in [-0.2, -0.15) is 0 Å². The van der Waals surface area contributed by atoms with Crippen LogP contribution < -0.4 is 17.0 Å². The maximum Gasteiger partial charge on any atom is 2.00 e. The summed E-state index contributed by atoms with van der Waals surface area (Å²) in [7, 11) is 0. The van der Waals surface area contributed by atoms with E-state index in [0.717, 1.165) is 5.39 Å². The van der Waals surface area contributed by atoms with Gasteiger partial charge in [-0.15, -0.1) is 35.0 Å². The van der Waals surface area contributed by atoms with E-state index in [0.29, 0.717) is 5.39 Å². The van der Waals surface area contributed by atoms with Gasteiger partial charge in [0.05, 0.1) is 0 Å². The Bertz CT molecular complexity index is 384. The van der Waals surface area contributed by atoms with E-state index in [1.807, 2.05) is 18.2 Å². The quantitative estimate of drug-likeness (QED) is 0.432.